The van der Waals surface area contributed by atoms with Crippen LogP contribution in [0.5, 0.6) is 0 Å². The van der Waals surface area contributed by atoms with Gasteiger partial charge in [-0.15, -0.1) is 0 Å². The van der Waals surface area contributed by atoms with E-state index in [1.807, 2.05) is 20.8 Å². The molecule has 2 rings (SSSR count). The zero-order valence-corrected chi connectivity index (χ0v) is 19.1. The molecule has 0 spiro atoms. The zero-order valence-electron chi connectivity index (χ0n) is 18.3. The van der Waals surface area contributed by atoms with Crippen molar-refractivity contribution in [3.63, 3.8) is 0 Å². The van der Waals surface area contributed by atoms with E-state index in [2.05, 4.69) is 10.6 Å². The second-order valence-electron chi connectivity index (χ2n) is 9.48. The first-order valence-corrected chi connectivity index (χ1v) is 12.5. The van der Waals surface area contributed by atoms with E-state index in [4.69, 9.17) is 4.74 Å². The molecule has 0 bridgehead atoms. The van der Waals surface area contributed by atoms with Crippen LogP contribution in [-0.4, -0.2) is 61.8 Å². The number of nitrogens with one attached hydrogen (secondary N) is 2. The number of piperidine rings is 1. The van der Waals surface area contributed by atoms with Gasteiger partial charge in [0.2, 0.25) is 15.9 Å². The molecule has 29 heavy (non-hydrogen) atoms. The van der Waals surface area contributed by atoms with Crippen LogP contribution in [0.3, 0.4) is 0 Å². The third kappa shape index (κ3) is 7.77. The highest BCUT2D eigenvalue weighted by Crippen LogP contribution is 2.28. The molecule has 0 aromatic heterocycles. The van der Waals surface area contributed by atoms with Gasteiger partial charge in [-0.3, -0.25) is 4.79 Å². The molecule has 1 saturated carbocycles. The van der Waals surface area contributed by atoms with Gasteiger partial charge in [-0.05, 0) is 46.5 Å². The van der Waals surface area contributed by atoms with E-state index in [0.29, 0.717) is 32.5 Å². The molecule has 1 aliphatic heterocycles. The van der Waals surface area contributed by atoms with Gasteiger partial charge >= 0.3 is 6.09 Å². The van der Waals surface area contributed by atoms with Crippen molar-refractivity contribution < 1.29 is 22.7 Å². The third-order valence-corrected chi connectivity index (χ3v) is 7.02. The van der Waals surface area contributed by atoms with Crippen LogP contribution >= 0.6 is 0 Å². The topological polar surface area (TPSA) is 105 Å². The molecule has 2 amide bonds. The summed E-state index contributed by atoms with van der Waals surface area (Å²) >= 11 is 0. The van der Waals surface area contributed by atoms with Crippen molar-refractivity contribution in [2.75, 3.05) is 25.9 Å². The lowest BCUT2D eigenvalue weighted by Gasteiger charge is -2.36. The van der Waals surface area contributed by atoms with Gasteiger partial charge < -0.3 is 15.4 Å². The van der Waals surface area contributed by atoms with Gasteiger partial charge in [0.1, 0.15) is 5.60 Å². The lowest BCUT2D eigenvalue weighted by molar-refractivity contribution is -0.126. The second-order valence-corrected chi connectivity index (χ2v) is 11.5. The number of rotatable bonds is 5. The Morgan fingerprint density at radius 1 is 1.07 bits per heavy atom. The molecule has 0 aromatic carbocycles. The summed E-state index contributed by atoms with van der Waals surface area (Å²) in [5.74, 6) is -0.259. The number of hydrogen-bond donors (Lipinski definition) is 2. The van der Waals surface area contributed by atoms with E-state index < -0.39 is 27.3 Å². The van der Waals surface area contributed by atoms with Crippen molar-refractivity contribution in [3.8, 4) is 0 Å². The standard InChI is InChI=1S/C20H37N3O5S/c1-19(2,3)28-18(25)22-20(11-7-5-6-8-12-20)15-21-17(24)16-9-13-23(14-10-16)29(4,26)27/h16H,5-15H2,1-4H3,(H,21,24)(H,22,25). The van der Waals surface area contributed by atoms with E-state index in [-0.39, 0.29) is 11.8 Å². The molecule has 0 radical (unpaired) electrons. The molecular formula is C20H37N3O5S. The van der Waals surface area contributed by atoms with Crippen LogP contribution in [0, 0.1) is 5.92 Å². The maximum atomic E-state index is 12.7. The molecule has 2 fully saturated rings. The molecule has 1 saturated heterocycles. The van der Waals surface area contributed by atoms with Gasteiger partial charge in [-0.1, -0.05) is 25.7 Å². The molecule has 0 atom stereocenters. The summed E-state index contributed by atoms with van der Waals surface area (Å²) < 4.78 is 30.2. The van der Waals surface area contributed by atoms with Gasteiger partial charge in [0.25, 0.3) is 0 Å². The monoisotopic (exact) mass is 431 g/mol. The maximum absolute atomic E-state index is 12.7. The molecule has 1 aliphatic carbocycles. The normalized spacial score (nSPS) is 21.8. The predicted molar refractivity (Wildman–Crippen MR) is 112 cm³/mol. The minimum absolute atomic E-state index is 0.0623. The van der Waals surface area contributed by atoms with Crippen molar-refractivity contribution in [2.24, 2.45) is 5.92 Å². The smallest absolute Gasteiger partial charge is 0.408 e. The summed E-state index contributed by atoms with van der Waals surface area (Å²) in [4.78, 5) is 25.1. The number of sulfonamides is 1. The molecular weight excluding hydrogens is 394 g/mol. The van der Waals surface area contributed by atoms with Crippen molar-refractivity contribution in [1.82, 2.24) is 14.9 Å². The average Bonchev–Trinajstić information content (AvgIpc) is 2.83. The lowest BCUT2D eigenvalue weighted by atomic mass is 9.89. The van der Waals surface area contributed by atoms with E-state index in [0.717, 1.165) is 38.5 Å². The quantitative estimate of drug-likeness (QED) is 0.651. The van der Waals surface area contributed by atoms with E-state index >= 15 is 0 Å². The molecule has 1 heterocycles. The molecule has 9 heteroatoms. The van der Waals surface area contributed by atoms with E-state index in [1.54, 1.807) is 0 Å². The Balaban J connectivity index is 1.95. The Morgan fingerprint density at radius 3 is 2.10 bits per heavy atom. The summed E-state index contributed by atoms with van der Waals surface area (Å²) in [5, 5.41) is 6.09. The molecule has 0 unspecified atom stereocenters. The molecule has 0 aromatic rings. The average molecular weight is 432 g/mol. The van der Waals surface area contributed by atoms with Crippen LogP contribution in [0.25, 0.3) is 0 Å². The number of ether oxygens (including phenoxy) is 1. The van der Waals surface area contributed by atoms with Crippen molar-refractivity contribution >= 4 is 22.0 Å². The summed E-state index contributed by atoms with van der Waals surface area (Å²) in [6, 6.07) is 0. The summed E-state index contributed by atoms with van der Waals surface area (Å²) in [5.41, 5.74) is -1.07. The molecule has 2 N–H and O–H groups in total. The first-order valence-electron chi connectivity index (χ1n) is 10.6. The van der Waals surface area contributed by atoms with Crippen molar-refractivity contribution in [1.29, 1.82) is 0 Å². The third-order valence-electron chi connectivity index (χ3n) is 5.72. The van der Waals surface area contributed by atoms with Crippen molar-refractivity contribution in [2.45, 2.75) is 83.3 Å². The number of carbonyl (C=O) groups is 2. The Bertz CT molecular complexity index is 671. The largest absolute Gasteiger partial charge is 0.444 e. The number of amides is 2. The minimum atomic E-state index is -3.21. The molecule has 8 nitrogen and oxygen atoms in total. The fourth-order valence-electron chi connectivity index (χ4n) is 4.12. The summed E-state index contributed by atoms with van der Waals surface area (Å²) in [6.45, 7) is 6.61. The Hall–Kier alpha value is -1.35. The highest BCUT2D eigenvalue weighted by Gasteiger charge is 2.36. The van der Waals surface area contributed by atoms with Gasteiger partial charge in [-0.2, -0.15) is 0 Å². The lowest BCUT2D eigenvalue weighted by Crippen LogP contribution is -2.57. The van der Waals surface area contributed by atoms with Gasteiger partial charge in [-0.25, -0.2) is 17.5 Å². The van der Waals surface area contributed by atoms with E-state index in [1.165, 1.54) is 10.6 Å². The van der Waals surface area contributed by atoms with Gasteiger partial charge in [0, 0.05) is 25.6 Å². The fraction of sp³-hybridized carbons (Fsp3) is 0.900. The summed E-state index contributed by atoms with van der Waals surface area (Å²) in [6.07, 6.45) is 7.64. The van der Waals surface area contributed by atoms with Gasteiger partial charge in [0.15, 0.2) is 0 Å². The fourth-order valence-corrected chi connectivity index (χ4v) is 5.00. The molecule has 2 aliphatic rings. The highest BCUT2D eigenvalue weighted by molar-refractivity contribution is 7.88. The number of nitrogens with zero attached hydrogens (tertiary/aromatic N) is 1. The summed E-state index contributed by atoms with van der Waals surface area (Å²) in [7, 11) is -3.21. The predicted octanol–water partition coefficient (Wildman–Crippen LogP) is 2.39. The van der Waals surface area contributed by atoms with Crippen LogP contribution < -0.4 is 10.6 Å². The van der Waals surface area contributed by atoms with Crippen LogP contribution in [0.15, 0.2) is 0 Å². The second kappa shape index (κ2) is 9.64. The highest BCUT2D eigenvalue weighted by atomic mass is 32.2. The Kier molecular flexibility index (Phi) is 7.95. The molecule has 168 valence electrons. The number of carbonyl (C=O) groups excluding carboxylic acids is 2. The van der Waals surface area contributed by atoms with Crippen LogP contribution in [0.4, 0.5) is 4.79 Å². The number of alkyl carbamates (subject to hydrolysis) is 1. The maximum Gasteiger partial charge on any atom is 0.408 e. The zero-order chi connectivity index (χ0) is 21.7. The Labute approximate surface area is 175 Å². The van der Waals surface area contributed by atoms with Crippen LogP contribution in [0.2, 0.25) is 0 Å². The van der Waals surface area contributed by atoms with Crippen LogP contribution in [-0.2, 0) is 19.6 Å². The van der Waals surface area contributed by atoms with Crippen molar-refractivity contribution in [3.05, 3.63) is 0 Å². The van der Waals surface area contributed by atoms with E-state index in [9.17, 15) is 18.0 Å². The number of hydrogen-bond acceptors (Lipinski definition) is 5. The minimum Gasteiger partial charge on any atom is -0.444 e. The SMILES string of the molecule is CC(C)(C)OC(=O)NC1(CNC(=O)C2CCN(S(C)(=O)=O)CC2)CCCCCC1. The first kappa shape index (κ1) is 23.9. The van der Waals surface area contributed by atoms with Crippen LogP contribution in [0.1, 0.15) is 72.1 Å². The Morgan fingerprint density at radius 2 is 1.62 bits per heavy atom. The first-order chi connectivity index (χ1) is 13.4. The van der Waals surface area contributed by atoms with Gasteiger partial charge in [0.05, 0.1) is 11.8 Å².